The Bertz CT molecular complexity index is 423. The first-order chi connectivity index (χ1) is 9.01. The van der Waals surface area contributed by atoms with Crippen LogP contribution in [0.15, 0.2) is 0 Å². The number of rotatable bonds is 7. The highest BCUT2D eigenvalue weighted by Gasteiger charge is 2.18. The van der Waals surface area contributed by atoms with Crippen LogP contribution in [-0.2, 0) is 7.05 Å². The summed E-state index contributed by atoms with van der Waals surface area (Å²) in [4.78, 5) is 12.2. The highest BCUT2D eigenvalue weighted by atomic mass is 35.5. The van der Waals surface area contributed by atoms with Gasteiger partial charge in [-0.05, 0) is 32.6 Å². The van der Waals surface area contributed by atoms with Crippen molar-refractivity contribution in [2.75, 3.05) is 12.4 Å². The van der Waals surface area contributed by atoms with E-state index in [9.17, 15) is 4.79 Å². The summed E-state index contributed by atoms with van der Waals surface area (Å²) in [5.41, 5.74) is 2.38. The van der Waals surface area contributed by atoms with Crippen LogP contribution in [0.2, 0.25) is 0 Å². The Balaban J connectivity index is 2.64. The summed E-state index contributed by atoms with van der Waals surface area (Å²) in [5.74, 6) is 1.08. The van der Waals surface area contributed by atoms with E-state index in [0.717, 1.165) is 30.7 Å². The molecule has 1 aromatic rings. The molecule has 5 heteroatoms. The minimum absolute atomic E-state index is 0.0289. The first-order valence-corrected chi connectivity index (χ1v) is 7.39. The number of nitrogens with zero attached hydrogens (tertiary/aromatic N) is 2. The van der Waals surface area contributed by atoms with Gasteiger partial charge in [0.2, 0.25) is 0 Å². The molecule has 0 saturated heterocycles. The Morgan fingerprint density at radius 1 is 1.42 bits per heavy atom. The molecule has 1 rings (SSSR count). The van der Waals surface area contributed by atoms with Crippen LogP contribution in [0, 0.1) is 19.8 Å². The van der Waals surface area contributed by atoms with Crippen molar-refractivity contribution in [3.63, 3.8) is 0 Å². The number of halogens is 1. The quantitative estimate of drug-likeness (QED) is 0.783. The molecule has 1 aromatic heterocycles. The first-order valence-electron chi connectivity index (χ1n) is 6.85. The lowest BCUT2D eigenvalue weighted by Crippen LogP contribution is -2.30. The fourth-order valence-corrected chi connectivity index (χ4v) is 2.65. The maximum atomic E-state index is 12.2. The largest absolute Gasteiger partial charge is 0.352 e. The maximum Gasteiger partial charge on any atom is 0.255 e. The standard InChI is InChI=1S/C14H24ClN3O/c1-5-6-12(7-8-15)9-16-14(19)13-10(2)17-18(4)11(13)3/h12H,5-9H2,1-4H3,(H,16,19). The second-order valence-electron chi connectivity index (χ2n) is 5.01. The van der Waals surface area contributed by atoms with Crippen molar-refractivity contribution in [2.24, 2.45) is 13.0 Å². The van der Waals surface area contributed by atoms with Gasteiger partial charge in [0.05, 0.1) is 11.3 Å². The zero-order valence-electron chi connectivity index (χ0n) is 12.3. The summed E-state index contributed by atoms with van der Waals surface area (Å²) in [6.45, 7) is 6.62. The molecule has 1 amide bonds. The van der Waals surface area contributed by atoms with Crippen LogP contribution in [0.1, 0.15) is 47.9 Å². The van der Waals surface area contributed by atoms with Crippen molar-refractivity contribution in [1.82, 2.24) is 15.1 Å². The minimum Gasteiger partial charge on any atom is -0.352 e. The van der Waals surface area contributed by atoms with Gasteiger partial charge in [-0.3, -0.25) is 9.48 Å². The fourth-order valence-electron chi connectivity index (χ4n) is 2.34. The summed E-state index contributed by atoms with van der Waals surface area (Å²) in [6, 6.07) is 0. The van der Waals surface area contributed by atoms with E-state index in [4.69, 9.17) is 11.6 Å². The van der Waals surface area contributed by atoms with Crippen LogP contribution in [0.25, 0.3) is 0 Å². The van der Waals surface area contributed by atoms with Crippen molar-refractivity contribution in [2.45, 2.75) is 40.0 Å². The van der Waals surface area contributed by atoms with E-state index >= 15 is 0 Å². The number of carbonyl (C=O) groups excluding carboxylic acids is 1. The van der Waals surface area contributed by atoms with Gasteiger partial charge in [0, 0.05) is 25.2 Å². The van der Waals surface area contributed by atoms with Gasteiger partial charge in [0.15, 0.2) is 0 Å². The highest BCUT2D eigenvalue weighted by Crippen LogP contribution is 2.14. The molecule has 1 heterocycles. The smallest absolute Gasteiger partial charge is 0.255 e. The van der Waals surface area contributed by atoms with E-state index in [1.807, 2.05) is 20.9 Å². The molecule has 19 heavy (non-hydrogen) atoms. The van der Waals surface area contributed by atoms with Crippen LogP contribution in [0.4, 0.5) is 0 Å². The van der Waals surface area contributed by atoms with E-state index in [0.29, 0.717) is 23.9 Å². The SMILES string of the molecule is CCCC(CCCl)CNC(=O)c1c(C)nn(C)c1C. The zero-order valence-corrected chi connectivity index (χ0v) is 13.0. The molecular formula is C14H24ClN3O. The molecule has 1 N–H and O–H groups in total. The molecule has 108 valence electrons. The van der Waals surface area contributed by atoms with Crippen LogP contribution in [0.3, 0.4) is 0 Å². The van der Waals surface area contributed by atoms with Gasteiger partial charge in [0.25, 0.3) is 5.91 Å². The number of hydrogen-bond acceptors (Lipinski definition) is 2. The lowest BCUT2D eigenvalue weighted by atomic mass is 10.0. The normalized spacial score (nSPS) is 12.5. The zero-order chi connectivity index (χ0) is 14.4. The number of hydrogen-bond donors (Lipinski definition) is 1. The molecule has 4 nitrogen and oxygen atoms in total. The minimum atomic E-state index is -0.0289. The van der Waals surface area contributed by atoms with E-state index in [1.165, 1.54) is 0 Å². The third-order valence-corrected chi connectivity index (χ3v) is 3.72. The fraction of sp³-hybridized carbons (Fsp3) is 0.714. The molecule has 0 aliphatic heterocycles. The average Bonchev–Trinajstić information content (AvgIpc) is 2.61. The predicted molar refractivity (Wildman–Crippen MR) is 78.8 cm³/mol. The summed E-state index contributed by atoms with van der Waals surface area (Å²) in [6.07, 6.45) is 3.15. The number of nitrogens with one attached hydrogen (secondary N) is 1. The van der Waals surface area contributed by atoms with E-state index < -0.39 is 0 Å². The maximum absolute atomic E-state index is 12.2. The third-order valence-electron chi connectivity index (χ3n) is 3.50. The van der Waals surface area contributed by atoms with Crippen LogP contribution in [0.5, 0.6) is 0 Å². The van der Waals surface area contributed by atoms with Gasteiger partial charge in [-0.1, -0.05) is 13.3 Å². The number of aromatic nitrogens is 2. The number of carbonyl (C=O) groups is 1. The lowest BCUT2D eigenvalue weighted by Gasteiger charge is -2.15. The Kier molecular flexibility index (Phi) is 6.35. The Labute approximate surface area is 120 Å². The Morgan fingerprint density at radius 3 is 2.58 bits per heavy atom. The lowest BCUT2D eigenvalue weighted by molar-refractivity contribution is 0.0944. The van der Waals surface area contributed by atoms with E-state index in [2.05, 4.69) is 17.3 Å². The van der Waals surface area contributed by atoms with E-state index in [-0.39, 0.29) is 5.91 Å². The Morgan fingerprint density at radius 2 is 2.11 bits per heavy atom. The van der Waals surface area contributed by atoms with Crippen molar-refractivity contribution < 1.29 is 4.79 Å². The molecule has 1 unspecified atom stereocenters. The van der Waals surface area contributed by atoms with Crippen molar-refractivity contribution in [3.05, 3.63) is 17.0 Å². The molecule has 0 spiro atoms. The molecule has 0 bridgehead atoms. The molecule has 0 aromatic carbocycles. The molecule has 0 radical (unpaired) electrons. The molecule has 0 aliphatic carbocycles. The molecule has 1 atom stereocenters. The van der Waals surface area contributed by atoms with Crippen molar-refractivity contribution >= 4 is 17.5 Å². The third kappa shape index (κ3) is 4.23. The van der Waals surface area contributed by atoms with Gasteiger partial charge in [0.1, 0.15) is 0 Å². The molecule has 0 fully saturated rings. The number of aryl methyl sites for hydroxylation is 2. The Hall–Kier alpha value is -1.03. The second-order valence-corrected chi connectivity index (χ2v) is 5.39. The highest BCUT2D eigenvalue weighted by molar-refractivity contribution is 6.17. The van der Waals surface area contributed by atoms with Gasteiger partial charge >= 0.3 is 0 Å². The summed E-state index contributed by atoms with van der Waals surface area (Å²) < 4.78 is 1.74. The topological polar surface area (TPSA) is 46.9 Å². The summed E-state index contributed by atoms with van der Waals surface area (Å²) in [7, 11) is 1.85. The van der Waals surface area contributed by atoms with E-state index in [1.54, 1.807) is 4.68 Å². The van der Waals surface area contributed by atoms with Crippen LogP contribution >= 0.6 is 11.6 Å². The van der Waals surface area contributed by atoms with Gasteiger partial charge in [-0.25, -0.2) is 0 Å². The van der Waals surface area contributed by atoms with Gasteiger partial charge < -0.3 is 5.32 Å². The van der Waals surface area contributed by atoms with Crippen LogP contribution in [-0.4, -0.2) is 28.1 Å². The second kappa shape index (κ2) is 7.53. The van der Waals surface area contributed by atoms with Gasteiger partial charge in [-0.2, -0.15) is 5.10 Å². The van der Waals surface area contributed by atoms with Crippen LogP contribution < -0.4 is 5.32 Å². The molecule has 0 saturated carbocycles. The van der Waals surface area contributed by atoms with Crippen molar-refractivity contribution in [1.29, 1.82) is 0 Å². The first kappa shape index (κ1) is 16.0. The van der Waals surface area contributed by atoms with Crippen molar-refractivity contribution in [3.8, 4) is 0 Å². The number of alkyl halides is 1. The summed E-state index contributed by atoms with van der Waals surface area (Å²) >= 11 is 5.79. The molecule has 0 aliphatic rings. The monoisotopic (exact) mass is 285 g/mol. The number of amides is 1. The molecular weight excluding hydrogens is 262 g/mol. The summed E-state index contributed by atoms with van der Waals surface area (Å²) in [5, 5.41) is 7.28. The average molecular weight is 286 g/mol. The predicted octanol–water partition coefficient (Wildman–Crippen LogP) is 2.81. The van der Waals surface area contributed by atoms with Gasteiger partial charge in [-0.15, -0.1) is 11.6 Å².